The first-order chi connectivity index (χ1) is 11.6. The Balaban J connectivity index is 1.78. The molecule has 2 aromatic rings. The highest BCUT2D eigenvalue weighted by molar-refractivity contribution is 7.17. The van der Waals surface area contributed by atoms with Crippen LogP contribution in [0.15, 0.2) is 24.4 Å². The number of hydrogen-bond donors (Lipinski definition) is 3. The Bertz CT molecular complexity index is 769. The second-order valence-electron chi connectivity index (χ2n) is 7.88. The third-order valence-electron chi connectivity index (χ3n) is 4.25. The van der Waals surface area contributed by atoms with Crippen LogP contribution < -0.4 is 10.6 Å². The average molecular weight is 360 g/mol. The normalized spacial score (nSPS) is 19.5. The first-order valence-corrected chi connectivity index (χ1v) is 9.18. The van der Waals surface area contributed by atoms with E-state index in [0.29, 0.717) is 10.8 Å². The van der Waals surface area contributed by atoms with Crippen molar-refractivity contribution in [1.82, 2.24) is 15.3 Å². The molecule has 0 radical (unpaired) electrons. The number of nitrogens with one attached hydrogen (secondary N) is 2. The number of nitrogens with zero attached hydrogens (tertiary/aromatic N) is 2. The third kappa shape index (κ3) is 4.35. The molecule has 0 amide bonds. The molecule has 2 aromatic heterocycles. The predicted octanol–water partition coefficient (Wildman–Crippen LogP) is 3.62. The number of aromatic carboxylic acids is 1. The van der Waals surface area contributed by atoms with Crippen LogP contribution in [0.4, 0.5) is 5.95 Å². The van der Waals surface area contributed by atoms with Gasteiger partial charge in [0, 0.05) is 23.3 Å². The van der Waals surface area contributed by atoms with E-state index >= 15 is 0 Å². The van der Waals surface area contributed by atoms with Gasteiger partial charge in [-0.2, -0.15) is 0 Å². The Morgan fingerprint density at radius 2 is 1.92 bits per heavy atom. The number of carbonyl (C=O) groups is 1. The van der Waals surface area contributed by atoms with Gasteiger partial charge in [0.15, 0.2) is 0 Å². The Kier molecular flexibility index (Phi) is 4.55. The van der Waals surface area contributed by atoms with Gasteiger partial charge in [-0.3, -0.25) is 0 Å². The minimum Gasteiger partial charge on any atom is -0.477 e. The highest BCUT2D eigenvalue weighted by Crippen LogP contribution is 2.31. The highest BCUT2D eigenvalue weighted by Gasteiger charge is 2.37. The van der Waals surface area contributed by atoms with Gasteiger partial charge in [0.25, 0.3) is 0 Å². The van der Waals surface area contributed by atoms with E-state index in [1.165, 1.54) is 11.3 Å². The molecule has 3 N–H and O–H groups in total. The molecular formula is C18H24N4O2S. The molecule has 7 heteroatoms. The molecule has 0 spiro atoms. The molecule has 1 saturated heterocycles. The minimum absolute atomic E-state index is 0.0428. The molecule has 134 valence electrons. The number of anilines is 1. The molecule has 6 nitrogen and oxygen atoms in total. The van der Waals surface area contributed by atoms with E-state index in [0.717, 1.165) is 23.4 Å². The number of rotatable bonds is 4. The van der Waals surface area contributed by atoms with Gasteiger partial charge in [0.1, 0.15) is 4.88 Å². The van der Waals surface area contributed by atoms with Gasteiger partial charge >= 0.3 is 5.97 Å². The van der Waals surface area contributed by atoms with Crippen molar-refractivity contribution in [2.24, 2.45) is 0 Å². The van der Waals surface area contributed by atoms with Crippen molar-refractivity contribution in [3.63, 3.8) is 0 Å². The monoisotopic (exact) mass is 360 g/mol. The fourth-order valence-electron chi connectivity index (χ4n) is 3.76. The molecule has 3 rings (SSSR count). The first kappa shape index (κ1) is 17.8. The SMILES string of the molecule is CC1(C)CC(Nc2nccc(-c3ccc(C(=O)O)s3)n2)CC(C)(C)N1. The summed E-state index contributed by atoms with van der Waals surface area (Å²) in [4.78, 5) is 21.1. The van der Waals surface area contributed by atoms with E-state index in [-0.39, 0.29) is 17.1 Å². The zero-order valence-electron chi connectivity index (χ0n) is 15.0. The number of hydrogen-bond acceptors (Lipinski definition) is 6. The molecule has 0 unspecified atom stereocenters. The van der Waals surface area contributed by atoms with Crippen LogP contribution in [-0.2, 0) is 0 Å². The summed E-state index contributed by atoms with van der Waals surface area (Å²) >= 11 is 1.22. The van der Waals surface area contributed by atoms with Crippen LogP contribution in [0, 0.1) is 0 Å². The zero-order chi connectivity index (χ0) is 18.2. The second-order valence-corrected chi connectivity index (χ2v) is 8.96. The lowest BCUT2D eigenvalue weighted by atomic mass is 9.80. The van der Waals surface area contributed by atoms with Crippen molar-refractivity contribution >= 4 is 23.3 Å². The van der Waals surface area contributed by atoms with E-state index in [2.05, 4.69) is 48.3 Å². The van der Waals surface area contributed by atoms with Crippen molar-refractivity contribution < 1.29 is 9.90 Å². The maximum Gasteiger partial charge on any atom is 0.345 e. The van der Waals surface area contributed by atoms with Gasteiger partial charge in [-0.15, -0.1) is 11.3 Å². The van der Waals surface area contributed by atoms with Crippen LogP contribution in [0.5, 0.6) is 0 Å². The Morgan fingerprint density at radius 3 is 2.52 bits per heavy atom. The summed E-state index contributed by atoms with van der Waals surface area (Å²) in [6.45, 7) is 8.83. The molecule has 0 bridgehead atoms. The quantitative estimate of drug-likeness (QED) is 0.772. The number of aromatic nitrogens is 2. The number of carboxylic acid groups (broad SMARTS) is 1. The second kappa shape index (κ2) is 6.38. The van der Waals surface area contributed by atoms with Crippen LogP contribution in [-0.4, -0.2) is 38.2 Å². The molecule has 0 saturated carbocycles. The number of carboxylic acids is 1. The Hall–Kier alpha value is -1.99. The molecule has 0 atom stereocenters. The van der Waals surface area contributed by atoms with Crippen LogP contribution in [0.3, 0.4) is 0 Å². The molecule has 0 aromatic carbocycles. The molecule has 25 heavy (non-hydrogen) atoms. The number of piperidine rings is 1. The number of thiophene rings is 1. The molecule has 3 heterocycles. The van der Waals surface area contributed by atoms with Gasteiger partial charge in [-0.05, 0) is 58.7 Å². The standard InChI is InChI=1S/C18H24N4O2S/c1-17(2)9-11(10-18(3,4)22-17)20-16-19-8-7-12(21-16)13-5-6-14(25-13)15(23)24/h5-8,11,22H,9-10H2,1-4H3,(H,23,24)(H,19,20,21). The maximum atomic E-state index is 11.1. The Morgan fingerprint density at radius 1 is 1.24 bits per heavy atom. The van der Waals surface area contributed by atoms with E-state index in [1.54, 1.807) is 24.4 Å². The molecule has 1 fully saturated rings. The topological polar surface area (TPSA) is 87.1 Å². The van der Waals surface area contributed by atoms with E-state index in [4.69, 9.17) is 5.11 Å². The van der Waals surface area contributed by atoms with Crippen molar-refractivity contribution in [3.8, 4) is 10.6 Å². The molecule has 1 aliphatic heterocycles. The van der Waals surface area contributed by atoms with Crippen molar-refractivity contribution in [3.05, 3.63) is 29.3 Å². The smallest absolute Gasteiger partial charge is 0.345 e. The van der Waals surface area contributed by atoms with Crippen LogP contribution in [0.25, 0.3) is 10.6 Å². The van der Waals surface area contributed by atoms with Gasteiger partial charge in [-0.25, -0.2) is 14.8 Å². The third-order valence-corrected chi connectivity index (χ3v) is 5.34. The van der Waals surface area contributed by atoms with Gasteiger partial charge < -0.3 is 15.7 Å². The molecule has 1 aliphatic rings. The average Bonchev–Trinajstić information content (AvgIpc) is 2.94. The highest BCUT2D eigenvalue weighted by atomic mass is 32.1. The zero-order valence-corrected chi connectivity index (χ0v) is 15.8. The molecular weight excluding hydrogens is 336 g/mol. The fraction of sp³-hybridized carbons (Fsp3) is 0.500. The van der Waals surface area contributed by atoms with Crippen LogP contribution >= 0.6 is 11.3 Å². The minimum atomic E-state index is -0.914. The summed E-state index contributed by atoms with van der Waals surface area (Å²) < 4.78 is 0. The Labute approximate surface area is 151 Å². The predicted molar refractivity (Wildman–Crippen MR) is 100 cm³/mol. The summed E-state index contributed by atoms with van der Waals surface area (Å²) in [6.07, 6.45) is 3.67. The fourth-order valence-corrected chi connectivity index (χ4v) is 4.58. The van der Waals surface area contributed by atoms with E-state index in [1.807, 2.05) is 0 Å². The lowest BCUT2D eigenvalue weighted by Gasteiger charge is -2.46. The largest absolute Gasteiger partial charge is 0.477 e. The summed E-state index contributed by atoms with van der Waals surface area (Å²) in [7, 11) is 0. The first-order valence-electron chi connectivity index (χ1n) is 8.36. The summed E-state index contributed by atoms with van der Waals surface area (Å²) in [5.41, 5.74) is 0.824. The summed E-state index contributed by atoms with van der Waals surface area (Å²) in [5, 5.41) is 16.2. The maximum absolute atomic E-state index is 11.1. The van der Waals surface area contributed by atoms with Crippen molar-refractivity contribution in [2.45, 2.75) is 57.7 Å². The van der Waals surface area contributed by atoms with Crippen molar-refractivity contribution in [1.29, 1.82) is 0 Å². The lowest BCUT2D eigenvalue weighted by Crippen LogP contribution is -2.60. The van der Waals surface area contributed by atoms with Crippen LogP contribution in [0.2, 0.25) is 0 Å². The summed E-state index contributed by atoms with van der Waals surface area (Å²) in [6, 6.07) is 5.48. The van der Waals surface area contributed by atoms with Gasteiger partial charge in [0.05, 0.1) is 10.6 Å². The van der Waals surface area contributed by atoms with Gasteiger partial charge in [0.2, 0.25) is 5.95 Å². The van der Waals surface area contributed by atoms with Gasteiger partial charge in [-0.1, -0.05) is 0 Å². The van der Waals surface area contributed by atoms with E-state index < -0.39 is 5.97 Å². The van der Waals surface area contributed by atoms with Crippen molar-refractivity contribution in [2.75, 3.05) is 5.32 Å². The summed E-state index contributed by atoms with van der Waals surface area (Å²) in [5.74, 6) is -0.330. The van der Waals surface area contributed by atoms with E-state index in [9.17, 15) is 4.79 Å². The lowest BCUT2D eigenvalue weighted by molar-refractivity contribution is 0.0702. The van der Waals surface area contributed by atoms with Crippen LogP contribution in [0.1, 0.15) is 50.2 Å². The molecule has 0 aliphatic carbocycles.